The first-order valence-corrected chi connectivity index (χ1v) is 14.2. The molecule has 0 amide bonds. The summed E-state index contributed by atoms with van der Waals surface area (Å²) in [4.78, 5) is 4.81. The van der Waals surface area contributed by atoms with Gasteiger partial charge in [-0.2, -0.15) is 0 Å². The van der Waals surface area contributed by atoms with Crippen molar-refractivity contribution in [2.24, 2.45) is 5.41 Å². The van der Waals surface area contributed by atoms with Crippen LogP contribution < -0.4 is 0 Å². The van der Waals surface area contributed by atoms with Gasteiger partial charge in [-0.1, -0.05) is 93.6 Å². The molecule has 0 atom stereocenters. The highest BCUT2D eigenvalue weighted by Crippen LogP contribution is 2.38. The van der Waals surface area contributed by atoms with Crippen LogP contribution in [-0.2, 0) is 12.8 Å². The van der Waals surface area contributed by atoms with Crippen LogP contribution in [0, 0.1) is 12.3 Å². The second-order valence-corrected chi connectivity index (χ2v) is 12.7. The molecule has 0 saturated carbocycles. The molecule has 0 fully saturated rings. The Morgan fingerprint density at radius 1 is 0.658 bits per heavy atom. The lowest BCUT2D eigenvalue weighted by atomic mass is 9.86. The van der Waals surface area contributed by atoms with Crippen LogP contribution in [0.1, 0.15) is 43.0 Å². The zero-order valence-corrected chi connectivity index (χ0v) is 23.4. The Balaban J connectivity index is 1.34. The van der Waals surface area contributed by atoms with E-state index < -0.39 is 0 Å². The molecule has 0 radical (unpaired) electrons. The quantitative estimate of drug-likeness (QED) is 0.224. The molecule has 0 aliphatic carbocycles. The topological polar surface area (TPSA) is 12.9 Å². The van der Waals surface area contributed by atoms with E-state index in [1.54, 1.807) is 0 Å². The van der Waals surface area contributed by atoms with E-state index >= 15 is 0 Å². The molecular weight excluding hydrogens is 478 g/mol. The maximum Gasteiger partial charge on any atom is 0.0705 e. The number of rotatable bonds is 5. The van der Waals surface area contributed by atoms with E-state index in [2.05, 4.69) is 125 Å². The van der Waals surface area contributed by atoms with Crippen molar-refractivity contribution >= 4 is 31.5 Å². The van der Waals surface area contributed by atoms with Gasteiger partial charge in [0.1, 0.15) is 0 Å². The molecule has 0 spiro atoms. The van der Waals surface area contributed by atoms with Crippen molar-refractivity contribution in [2.45, 2.75) is 40.5 Å². The number of thiophene rings is 1. The maximum atomic E-state index is 4.81. The predicted octanol–water partition coefficient (Wildman–Crippen LogP) is 10.3. The number of hydrogen-bond acceptors (Lipinski definition) is 2. The van der Waals surface area contributed by atoms with Crippen LogP contribution in [0.3, 0.4) is 0 Å². The Morgan fingerprint density at radius 2 is 1.42 bits per heavy atom. The summed E-state index contributed by atoms with van der Waals surface area (Å²) in [7, 11) is 0. The predicted molar refractivity (Wildman–Crippen MR) is 165 cm³/mol. The minimum atomic E-state index is 0.246. The van der Waals surface area contributed by atoms with Crippen LogP contribution in [0.5, 0.6) is 0 Å². The number of aryl methyl sites for hydroxylation is 1. The first kappa shape index (κ1) is 24.6. The Labute approximate surface area is 229 Å². The van der Waals surface area contributed by atoms with Gasteiger partial charge in [0.05, 0.1) is 5.69 Å². The normalized spacial score (nSPS) is 11.9. The van der Waals surface area contributed by atoms with E-state index in [1.807, 2.05) is 17.5 Å². The molecule has 0 saturated heterocycles. The lowest BCUT2D eigenvalue weighted by Gasteiger charge is -2.20. The van der Waals surface area contributed by atoms with Crippen LogP contribution in [-0.4, -0.2) is 4.98 Å². The zero-order valence-electron chi connectivity index (χ0n) is 22.6. The third kappa shape index (κ3) is 5.14. The number of benzene rings is 4. The van der Waals surface area contributed by atoms with Crippen molar-refractivity contribution in [1.29, 1.82) is 0 Å². The molecule has 0 N–H and O–H groups in total. The van der Waals surface area contributed by atoms with E-state index in [9.17, 15) is 0 Å². The van der Waals surface area contributed by atoms with Crippen molar-refractivity contribution in [1.82, 2.24) is 4.98 Å². The third-order valence-electron chi connectivity index (χ3n) is 7.21. The highest BCUT2D eigenvalue weighted by molar-refractivity contribution is 7.25. The van der Waals surface area contributed by atoms with Gasteiger partial charge in [0.2, 0.25) is 0 Å². The lowest BCUT2D eigenvalue weighted by Crippen LogP contribution is -2.10. The second-order valence-electron chi connectivity index (χ2n) is 11.6. The summed E-state index contributed by atoms with van der Waals surface area (Å²) in [5.74, 6) is 0. The van der Waals surface area contributed by atoms with Crippen LogP contribution >= 0.6 is 11.3 Å². The van der Waals surface area contributed by atoms with Crippen molar-refractivity contribution in [3.8, 4) is 22.4 Å². The second kappa shape index (κ2) is 9.85. The fourth-order valence-electron chi connectivity index (χ4n) is 5.29. The lowest BCUT2D eigenvalue weighted by molar-refractivity contribution is 0.410. The van der Waals surface area contributed by atoms with E-state index in [1.165, 1.54) is 59.1 Å². The molecule has 2 aromatic heterocycles. The van der Waals surface area contributed by atoms with Crippen LogP contribution in [0.25, 0.3) is 42.6 Å². The summed E-state index contributed by atoms with van der Waals surface area (Å²) in [5.41, 5.74) is 10.4. The number of fused-ring (bicyclic) bond motifs is 3. The molecule has 6 rings (SSSR count). The van der Waals surface area contributed by atoms with E-state index in [-0.39, 0.29) is 5.41 Å². The van der Waals surface area contributed by atoms with Gasteiger partial charge < -0.3 is 0 Å². The average Bonchev–Trinajstić information content (AvgIpc) is 3.27. The molecule has 188 valence electrons. The zero-order chi connectivity index (χ0) is 26.3. The first-order valence-electron chi connectivity index (χ1n) is 13.4. The van der Waals surface area contributed by atoms with Gasteiger partial charge in [0.15, 0.2) is 0 Å². The standard InChI is InChI=1S/C36H33NS/c1-24-23-37-33(20-30(24)22-36(2,3)4)29-14-16-34-32(19-29)31-15-13-28(21-35(31)38-34)27-12-8-11-26(18-27)17-25-9-6-5-7-10-25/h5-16,18-21,23H,17,22H2,1-4H3. The van der Waals surface area contributed by atoms with E-state index in [4.69, 9.17) is 4.98 Å². The van der Waals surface area contributed by atoms with E-state index in [0.717, 1.165) is 18.5 Å². The van der Waals surface area contributed by atoms with Crippen LogP contribution in [0.2, 0.25) is 0 Å². The van der Waals surface area contributed by atoms with Crippen molar-refractivity contribution in [3.05, 3.63) is 126 Å². The molecule has 0 unspecified atom stereocenters. The summed E-state index contributed by atoms with van der Waals surface area (Å²) in [6, 6.07) is 35.7. The summed E-state index contributed by atoms with van der Waals surface area (Å²) < 4.78 is 2.65. The molecule has 2 heterocycles. The van der Waals surface area contributed by atoms with Gasteiger partial charge in [-0.05, 0) is 82.8 Å². The molecule has 4 aromatic carbocycles. The SMILES string of the molecule is Cc1cnc(-c2ccc3sc4cc(-c5cccc(Cc6ccccc6)c5)ccc4c3c2)cc1CC(C)(C)C. The first-order chi connectivity index (χ1) is 18.3. The van der Waals surface area contributed by atoms with Gasteiger partial charge in [-0.25, -0.2) is 0 Å². The average molecular weight is 512 g/mol. The summed E-state index contributed by atoms with van der Waals surface area (Å²) >= 11 is 1.87. The number of pyridine rings is 1. The molecule has 38 heavy (non-hydrogen) atoms. The third-order valence-corrected chi connectivity index (χ3v) is 8.35. The highest BCUT2D eigenvalue weighted by Gasteiger charge is 2.15. The van der Waals surface area contributed by atoms with Crippen molar-refractivity contribution < 1.29 is 0 Å². The smallest absolute Gasteiger partial charge is 0.0705 e. The van der Waals surface area contributed by atoms with Gasteiger partial charge in [-0.3, -0.25) is 4.98 Å². The van der Waals surface area contributed by atoms with Gasteiger partial charge >= 0.3 is 0 Å². The van der Waals surface area contributed by atoms with Gasteiger partial charge in [0.25, 0.3) is 0 Å². The minimum absolute atomic E-state index is 0.246. The number of nitrogens with zero attached hydrogens (tertiary/aromatic N) is 1. The fraction of sp³-hybridized carbons (Fsp3) is 0.194. The Hall–Kier alpha value is -3.75. The largest absolute Gasteiger partial charge is 0.256 e. The Morgan fingerprint density at radius 3 is 2.24 bits per heavy atom. The van der Waals surface area contributed by atoms with Gasteiger partial charge in [-0.15, -0.1) is 11.3 Å². The summed E-state index contributed by atoms with van der Waals surface area (Å²) in [6.45, 7) is 9.06. The minimum Gasteiger partial charge on any atom is -0.256 e. The number of aromatic nitrogens is 1. The molecule has 1 nitrogen and oxygen atoms in total. The monoisotopic (exact) mass is 511 g/mol. The van der Waals surface area contributed by atoms with Crippen LogP contribution in [0.15, 0.2) is 103 Å². The summed E-state index contributed by atoms with van der Waals surface area (Å²) in [5, 5.41) is 2.63. The van der Waals surface area contributed by atoms with E-state index in [0.29, 0.717) is 0 Å². The van der Waals surface area contributed by atoms with Gasteiger partial charge in [0, 0.05) is 31.9 Å². The fourth-order valence-corrected chi connectivity index (χ4v) is 6.42. The number of hydrogen-bond donors (Lipinski definition) is 0. The van der Waals surface area contributed by atoms with Crippen LogP contribution in [0.4, 0.5) is 0 Å². The Kier molecular flexibility index (Phi) is 6.37. The van der Waals surface area contributed by atoms with Crippen molar-refractivity contribution in [3.63, 3.8) is 0 Å². The molecule has 0 aliphatic rings. The summed E-state index contributed by atoms with van der Waals surface area (Å²) in [6.07, 6.45) is 4.03. The maximum absolute atomic E-state index is 4.81. The van der Waals surface area contributed by atoms with Crippen molar-refractivity contribution in [2.75, 3.05) is 0 Å². The highest BCUT2D eigenvalue weighted by atomic mass is 32.1. The molecular formula is C36H33NS. The molecule has 6 aromatic rings. The Bertz CT molecular complexity index is 1750. The molecule has 0 bridgehead atoms. The molecule has 2 heteroatoms. The molecule has 0 aliphatic heterocycles.